The second-order valence-electron chi connectivity index (χ2n) is 5.86. The molecule has 7 nitrogen and oxygen atoms in total. The van der Waals surface area contributed by atoms with Crippen LogP contribution in [0.15, 0.2) is 18.2 Å². The Labute approximate surface area is 122 Å². The van der Waals surface area contributed by atoms with Crippen molar-refractivity contribution in [3.8, 4) is 0 Å². The number of nitrogens with zero attached hydrogens (tertiary/aromatic N) is 1. The number of nitro benzene ring substituents is 1. The van der Waals surface area contributed by atoms with Gasteiger partial charge in [-0.1, -0.05) is 12.5 Å². The maximum atomic E-state index is 12.4. The van der Waals surface area contributed by atoms with Crippen LogP contribution in [0.25, 0.3) is 0 Å². The first-order valence-corrected chi connectivity index (χ1v) is 7.15. The number of carbonyl (C=O) groups is 1. The van der Waals surface area contributed by atoms with Gasteiger partial charge in [0.05, 0.1) is 4.92 Å². The molecule has 0 aliphatic heterocycles. The summed E-state index contributed by atoms with van der Waals surface area (Å²) in [5.74, 6) is 6.12. The molecule has 0 spiro atoms. The van der Waals surface area contributed by atoms with Crippen molar-refractivity contribution in [1.29, 1.82) is 0 Å². The predicted octanol–water partition coefficient (Wildman–Crippen LogP) is 1.80. The van der Waals surface area contributed by atoms with Gasteiger partial charge in [-0.15, -0.1) is 0 Å². The quantitative estimate of drug-likeness (QED) is 0.445. The fourth-order valence-corrected chi connectivity index (χ4v) is 3.71. The average Bonchev–Trinajstić information content (AvgIpc) is 3.08. The molecular formula is C14H18N4O3. The Morgan fingerprint density at radius 1 is 1.33 bits per heavy atom. The standard InChI is InChI=1S/C14H18N4O3/c15-17-11-3-1-2-10(13(11)18(20)21)14(19)16-12-7-8-4-5-9(12)6-8/h1-3,8-9,12,17H,4-7,15H2,(H,16,19). The lowest BCUT2D eigenvalue weighted by molar-refractivity contribution is -0.384. The minimum Gasteiger partial charge on any atom is -0.349 e. The maximum Gasteiger partial charge on any atom is 0.306 e. The second-order valence-corrected chi connectivity index (χ2v) is 5.86. The van der Waals surface area contributed by atoms with Crippen molar-refractivity contribution < 1.29 is 9.72 Å². The number of rotatable bonds is 4. The van der Waals surface area contributed by atoms with Crippen LogP contribution in [0.4, 0.5) is 11.4 Å². The summed E-state index contributed by atoms with van der Waals surface area (Å²) >= 11 is 0. The fourth-order valence-electron chi connectivity index (χ4n) is 3.71. The number of para-hydroxylation sites is 1. The number of hydrazine groups is 1. The Morgan fingerprint density at radius 3 is 2.71 bits per heavy atom. The largest absolute Gasteiger partial charge is 0.349 e. The van der Waals surface area contributed by atoms with Crippen LogP contribution in [0.2, 0.25) is 0 Å². The molecule has 4 N–H and O–H groups in total. The zero-order valence-electron chi connectivity index (χ0n) is 11.5. The molecule has 7 heteroatoms. The van der Waals surface area contributed by atoms with E-state index in [0.717, 1.165) is 19.3 Å². The number of fused-ring (bicyclic) bond motifs is 2. The van der Waals surface area contributed by atoms with Gasteiger partial charge in [0.25, 0.3) is 5.91 Å². The lowest BCUT2D eigenvalue weighted by Gasteiger charge is -2.22. The van der Waals surface area contributed by atoms with Crippen molar-refractivity contribution in [2.45, 2.75) is 31.7 Å². The SMILES string of the molecule is NNc1cccc(C(=O)NC2CC3CCC2C3)c1[N+](=O)[O-]. The molecule has 2 saturated carbocycles. The molecule has 2 bridgehead atoms. The summed E-state index contributed by atoms with van der Waals surface area (Å²) in [6, 6.07) is 4.66. The van der Waals surface area contributed by atoms with Crippen LogP contribution in [0.1, 0.15) is 36.0 Å². The molecule has 3 unspecified atom stereocenters. The van der Waals surface area contributed by atoms with Crippen molar-refractivity contribution in [2.24, 2.45) is 17.7 Å². The minimum atomic E-state index is -0.578. The number of benzene rings is 1. The highest BCUT2D eigenvalue weighted by Gasteiger charge is 2.40. The maximum absolute atomic E-state index is 12.4. The number of nitrogens with two attached hydrogens (primary N) is 1. The van der Waals surface area contributed by atoms with Gasteiger partial charge < -0.3 is 10.7 Å². The zero-order chi connectivity index (χ0) is 15.0. The van der Waals surface area contributed by atoms with Crippen LogP contribution in [-0.4, -0.2) is 16.9 Å². The van der Waals surface area contributed by atoms with Crippen LogP contribution < -0.4 is 16.6 Å². The molecule has 2 aliphatic rings. The van der Waals surface area contributed by atoms with Gasteiger partial charge in [-0.2, -0.15) is 0 Å². The second kappa shape index (κ2) is 5.33. The van der Waals surface area contributed by atoms with Gasteiger partial charge in [0.1, 0.15) is 11.3 Å². The number of nitro groups is 1. The van der Waals surface area contributed by atoms with E-state index < -0.39 is 10.8 Å². The molecule has 2 fully saturated rings. The number of hydrogen-bond acceptors (Lipinski definition) is 5. The number of hydrogen-bond donors (Lipinski definition) is 3. The van der Waals surface area contributed by atoms with Crippen molar-refractivity contribution in [2.75, 3.05) is 5.43 Å². The van der Waals surface area contributed by atoms with E-state index in [2.05, 4.69) is 10.7 Å². The fraction of sp³-hybridized carbons (Fsp3) is 0.500. The summed E-state index contributed by atoms with van der Waals surface area (Å²) in [4.78, 5) is 23.0. The van der Waals surface area contributed by atoms with Crippen molar-refractivity contribution >= 4 is 17.3 Å². The molecule has 1 amide bonds. The number of amides is 1. The number of nitrogens with one attached hydrogen (secondary N) is 2. The molecule has 1 aromatic rings. The normalized spacial score (nSPS) is 26.6. The molecule has 3 rings (SSSR count). The highest BCUT2D eigenvalue weighted by molar-refractivity contribution is 6.00. The summed E-state index contributed by atoms with van der Waals surface area (Å²) in [5, 5.41) is 14.2. The smallest absolute Gasteiger partial charge is 0.306 e. The molecule has 2 aliphatic carbocycles. The first-order chi connectivity index (χ1) is 10.1. The average molecular weight is 290 g/mol. The van der Waals surface area contributed by atoms with E-state index in [1.54, 1.807) is 6.07 Å². The Bertz CT molecular complexity index is 590. The topological polar surface area (TPSA) is 110 Å². The Morgan fingerprint density at radius 2 is 2.14 bits per heavy atom. The summed E-state index contributed by atoms with van der Waals surface area (Å²) in [7, 11) is 0. The van der Waals surface area contributed by atoms with Gasteiger partial charge in [0, 0.05) is 6.04 Å². The molecule has 0 saturated heterocycles. The molecule has 1 aromatic carbocycles. The highest BCUT2D eigenvalue weighted by atomic mass is 16.6. The Balaban J connectivity index is 1.83. The van der Waals surface area contributed by atoms with E-state index in [9.17, 15) is 14.9 Å². The lowest BCUT2D eigenvalue weighted by atomic mass is 9.95. The van der Waals surface area contributed by atoms with E-state index in [1.165, 1.54) is 18.6 Å². The van der Waals surface area contributed by atoms with E-state index in [-0.39, 0.29) is 23.0 Å². The molecule has 0 aromatic heterocycles. The zero-order valence-corrected chi connectivity index (χ0v) is 11.5. The molecule has 0 heterocycles. The predicted molar refractivity (Wildman–Crippen MR) is 77.6 cm³/mol. The highest BCUT2D eigenvalue weighted by Crippen LogP contribution is 2.44. The monoisotopic (exact) mass is 290 g/mol. The van der Waals surface area contributed by atoms with Gasteiger partial charge in [-0.25, -0.2) is 0 Å². The molecule has 3 atom stereocenters. The molecule has 112 valence electrons. The van der Waals surface area contributed by atoms with E-state index in [1.807, 2.05) is 0 Å². The van der Waals surface area contributed by atoms with Crippen LogP contribution in [0.5, 0.6) is 0 Å². The molecular weight excluding hydrogens is 272 g/mol. The summed E-state index contributed by atoms with van der Waals surface area (Å²) in [6.07, 6.45) is 4.53. The number of anilines is 1. The van der Waals surface area contributed by atoms with Crippen molar-refractivity contribution in [3.63, 3.8) is 0 Å². The van der Waals surface area contributed by atoms with Gasteiger partial charge in [0.2, 0.25) is 0 Å². The van der Waals surface area contributed by atoms with Crippen molar-refractivity contribution in [3.05, 3.63) is 33.9 Å². The van der Waals surface area contributed by atoms with Gasteiger partial charge in [0.15, 0.2) is 0 Å². The van der Waals surface area contributed by atoms with Crippen LogP contribution in [0, 0.1) is 22.0 Å². The van der Waals surface area contributed by atoms with Crippen molar-refractivity contribution in [1.82, 2.24) is 5.32 Å². The van der Waals surface area contributed by atoms with Crippen LogP contribution in [-0.2, 0) is 0 Å². The first-order valence-electron chi connectivity index (χ1n) is 7.15. The Kier molecular flexibility index (Phi) is 3.50. The minimum absolute atomic E-state index is 0.0539. The summed E-state index contributed by atoms with van der Waals surface area (Å²) in [6.45, 7) is 0. The Hall–Kier alpha value is -2.15. The number of carbonyl (C=O) groups excluding carboxylic acids is 1. The summed E-state index contributed by atoms with van der Waals surface area (Å²) < 4.78 is 0. The third-order valence-corrected chi connectivity index (χ3v) is 4.67. The third kappa shape index (κ3) is 2.44. The van der Waals surface area contributed by atoms with E-state index in [0.29, 0.717) is 11.8 Å². The van der Waals surface area contributed by atoms with Crippen LogP contribution in [0.3, 0.4) is 0 Å². The van der Waals surface area contributed by atoms with Gasteiger partial charge in [-0.3, -0.25) is 20.8 Å². The van der Waals surface area contributed by atoms with Crippen LogP contribution >= 0.6 is 0 Å². The molecule has 0 radical (unpaired) electrons. The summed E-state index contributed by atoms with van der Waals surface area (Å²) in [5.41, 5.74) is 2.19. The van der Waals surface area contributed by atoms with E-state index >= 15 is 0 Å². The number of nitrogen functional groups attached to an aromatic ring is 1. The van der Waals surface area contributed by atoms with Gasteiger partial charge >= 0.3 is 5.69 Å². The van der Waals surface area contributed by atoms with E-state index in [4.69, 9.17) is 5.84 Å². The lowest BCUT2D eigenvalue weighted by Crippen LogP contribution is -2.38. The first kappa shape index (κ1) is 13.8. The van der Waals surface area contributed by atoms with Gasteiger partial charge in [-0.05, 0) is 43.2 Å². The molecule has 21 heavy (non-hydrogen) atoms. The third-order valence-electron chi connectivity index (χ3n) is 4.67.